The van der Waals surface area contributed by atoms with Crippen molar-refractivity contribution in [3.05, 3.63) is 0 Å². The Hall–Kier alpha value is 0.140. The Balaban J connectivity index is 2.60. The summed E-state index contributed by atoms with van der Waals surface area (Å²) in [5, 5.41) is 0. The molecule has 2 unspecified atom stereocenters. The second-order valence-corrected chi connectivity index (χ2v) is 8.45. The lowest BCUT2D eigenvalue weighted by atomic mass is 10.1. The molecule has 2 atom stereocenters. The van der Waals surface area contributed by atoms with Crippen molar-refractivity contribution in [3.63, 3.8) is 0 Å². The van der Waals surface area contributed by atoms with Crippen LogP contribution in [0.25, 0.3) is 0 Å². The summed E-state index contributed by atoms with van der Waals surface area (Å²) in [7, 11) is 0. The highest BCUT2D eigenvalue weighted by atomic mass is 32.7. The van der Waals surface area contributed by atoms with Crippen LogP contribution in [0.3, 0.4) is 0 Å². The summed E-state index contributed by atoms with van der Waals surface area (Å²) in [5.74, 6) is 2.96. The quantitative estimate of drug-likeness (QED) is 0.448. The Morgan fingerprint density at radius 3 is 2.80 bits per heavy atom. The molecule has 0 aliphatic carbocycles. The third-order valence-corrected chi connectivity index (χ3v) is 7.48. The van der Waals surface area contributed by atoms with Crippen LogP contribution in [0.1, 0.15) is 6.42 Å². The highest BCUT2D eigenvalue weighted by molar-refractivity contribution is 8.57. The van der Waals surface area contributed by atoms with E-state index in [1.54, 1.807) is 0 Å². The normalized spacial score (nSPS) is 39.4. The SMILES string of the molecule is C#CC1CCP(=O)(SC)C1. The Morgan fingerprint density at radius 1 is 1.80 bits per heavy atom. The van der Waals surface area contributed by atoms with Gasteiger partial charge in [-0.05, 0) is 12.7 Å². The molecule has 1 rings (SSSR count). The van der Waals surface area contributed by atoms with Crippen molar-refractivity contribution in [2.24, 2.45) is 5.92 Å². The number of rotatable bonds is 1. The van der Waals surface area contributed by atoms with Crippen molar-refractivity contribution in [1.29, 1.82) is 0 Å². The van der Waals surface area contributed by atoms with E-state index in [2.05, 4.69) is 5.92 Å². The van der Waals surface area contributed by atoms with Crippen LogP contribution in [0.5, 0.6) is 0 Å². The zero-order valence-electron chi connectivity index (χ0n) is 6.04. The van der Waals surface area contributed by atoms with Crippen molar-refractivity contribution < 1.29 is 4.57 Å². The molecule has 3 heteroatoms. The van der Waals surface area contributed by atoms with Gasteiger partial charge in [-0.1, -0.05) is 11.4 Å². The second kappa shape index (κ2) is 3.03. The number of hydrogen-bond donors (Lipinski definition) is 0. The zero-order valence-corrected chi connectivity index (χ0v) is 7.75. The van der Waals surface area contributed by atoms with Crippen molar-refractivity contribution in [2.75, 3.05) is 18.6 Å². The summed E-state index contributed by atoms with van der Waals surface area (Å²) in [4.78, 5) is 0. The minimum absolute atomic E-state index is 0.290. The van der Waals surface area contributed by atoms with Crippen LogP contribution in [0.4, 0.5) is 0 Å². The molecule has 1 heterocycles. The van der Waals surface area contributed by atoms with Gasteiger partial charge >= 0.3 is 0 Å². The van der Waals surface area contributed by atoms with Crippen LogP contribution in [-0.2, 0) is 4.57 Å². The molecule has 0 spiro atoms. The zero-order chi connectivity index (χ0) is 7.61. The standard InChI is InChI=1S/C7H11OPS/c1-3-7-4-5-9(8,6-7)10-2/h1,7H,4-6H2,2H3. The fraction of sp³-hybridized carbons (Fsp3) is 0.714. The van der Waals surface area contributed by atoms with Crippen LogP contribution in [-0.4, -0.2) is 18.6 Å². The van der Waals surface area contributed by atoms with Gasteiger partial charge in [0.25, 0.3) is 0 Å². The molecule has 1 nitrogen and oxygen atoms in total. The summed E-state index contributed by atoms with van der Waals surface area (Å²) >= 11 is 1.51. The van der Waals surface area contributed by atoms with Gasteiger partial charge in [-0.3, -0.25) is 0 Å². The third-order valence-electron chi connectivity index (χ3n) is 1.89. The molecular formula is C7H11OPS. The van der Waals surface area contributed by atoms with E-state index < -0.39 is 6.34 Å². The summed E-state index contributed by atoms with van der Waals surface area (Å²) in [6, 6.07) is 0. The first-order valence-electron chi connectivity index (χ1n) is 3.30. The molecular weight excluding hydrogens is 163 g/mol. The maximum Gasteiger partial charge on any atom is 0.140 e. The van der Waals surface area contributed by atoms with Gasteiger partial charge in [-0.15, -0.1) is 12.3 Å². The molecule has 0 aromatic rings. The van der Waals surface area contributed by atoms with Crippen LogP contribution in [0, 0.1) is 18.3 Å². The van der Waals surface area contributed by atoms with Gasteiger partial charge in [0.05, 0.1) is 0 Å². The third kappa shape index (κ3) is 1.59. The summed E-state index contributed by atoms with van der Waals surface area (Å²) < 4.78 is 11.6. The van der Waals surface area contributed by atoms with Crippen LogP contribution < -0.4 is 0 Å². The minimum Gasteiger partial charge on any atom is -0.312 e. The molecule has 0 saturated carbocycles. The Bertz CT molecular complexity index is 206. The van der Waals surface area contributed by atoms with Gasteiger partial charge in [0, 0.05) is 18.2 Å². The van der Waals surface area contributed by atoms with Gasteiger partial charge in [0.2, 0.25) is 0 Å². The van der Waals surface area contributed by atoms with Gasteiger partial charge in [0.15, 0.2) is 0 Å². The Morgan fingerprint density at radius 2 is 2.50 bits per heavy atom. The Labute approximate surface area is 66.1 Å². The summed E-state index contributed by atoms with van der Waals surface area (Å²) in [6.07, 6.45) is 7.88. The molecule has 1 fully saturated rings. The highest BCUT2D eigenvalue weighted by Crippen LogP contribution is 2.63. The first-order valence-corrected chi connectivity index (χ1v) is 7.21. The topological polar surface area (TPSA) is 17.1 Å². The van der Waals surface area contributed by atoms with Crippen molar-refractivity contribution >= 4 is 17.7 Å². The molecule has 1 aliphatic rings. The fourth-order valence-corrected chi connectivity index (χ4v) is 5.20. The van der Waals surface area contributed by atoms with Crippen molar-refractivity contribution in [1.82, 2.24) is 0 Å². The molecule has 0 bridgehead atoms. The lowest BCUT2D eigenvalue weighted by molar-refractivity contribution is 0.588. The van der Waals surface area contributed by atoms with E-state index in [0.29, 0.717) is 5.92 Å². The lowest BCUT2D eigenvalue weighted by Gasteiger charge is -2.04. The molecule has 0 aromatic heterocycles. The van der Waals surface area contributed by atoms with Crippen LogP contribution >= 0.6 is 17.7 Å². The molecule has 0 N–H and O–H groups in total. The molecule has 0 amide bonds. The number of hydrogen-bond acceptors (Lipinski definition) is 2. The van der Waals surface area contributed by atoms with E-state index in [9.17, 15) is 4.57 Å². The largest absolute Gasteiger partial charge is 0.312 e. The first-order chi connectivity index (χ1) is 4.70. The van der Waals surface area contributed by atoms with Crippen molar-refractivity contribution in [3.8, 4) is 12.3 Å². The first kappa shape index (κ1) is 8.24. The summed E-state index contributed by atoms with van der Waals surface area (Å²) in [5.41, 5.74) is 0. The molecule has 1 aliphatic heterocycles. The van der Waals surface area contributed by atoms with Gasteiger partial charge in [-0.25, -0.2) is 0 Å². The predicted molar refractivity (Wildman–Crippen MR) is 47.8 cm³/mol. The van der Waals surface area contributed by atoms with Crippen molar-refractivity contribution in [2.45, 2.75) is 6.42 Å². The van der Waals surface area contributed by atoms with E-state index in [1.165, 1.54) is 11.4 Å². The highest BCUT2D eigenvalue weighted by Gasteiger charge is 2.31. The van der Waals surface area contributed by atoms with E-state index in [-0.39, 0.29) is 0 Å². The fourth-order valence-electron chi connectivity index (χ4n) is 1.17. The second-order valence-electron chi connectivity index (χ2n) is 2.56. The molecule has 0 radical (unpaired) electrons. The van der Waals surface area contributed by atoms with E-state index in [1.807, 2.05) is 6.26 Å². The van der Waals surface area contributed by atoms with Gasteiger partial charge in [0.1, 0.15) is 6.34 Å². The molecule has 0 aromatic carbocycles. The Kier molecular flexibility index (Phi) is 2.50. The lowest BCUT2D eigenvalue weighted by Crippen LogP contribution is -1.91. The molecule has 1 saturated heterocycles. The average molecular weight is 174 g/mol. The van der Waals surface area contributed by atoms with Gasteiger partial charge < -0.3 is 4.57 Å². The maximum absolute atomic E-state index is 11.6. The minimum atomic E-state index is -1.85. The van der Waals surface area contributed by atoms with E-state index in [4.69, 9.17) is 6.42 Å². The average Bonchev–Trinajstić information content (AvgIpc) is 2.33. The maximum atomic E-state index is 11.6. The summed E-state index contributed by atoms with van der Waals surface area (Å²) in [6.45, 7) is 0. The molecule has 10 heavy (non-hydrogen) atoms. The smallest absolute Gasteiger partial charge is 0.140 e. The predicted octanol–water partition coefficient (Wildman–Crippen LogP) is 2.28. The van der Waals surface area contributed by atoms with Gasteiger partial charge in [-0.2, -0.15) is 0 Å². The monoisotopic (exact) mass is 174 g/mol. The van der Waals surface area contributed by atoms with Crippen LogP contribution in [0.2, 0.25) is 0 Å². The van der Waals surface area contributed by atoms with E-state index >= 15 is 0 Å². The molecule has 56 valence electrons. The van der Waals surface area contributed by atoms with E-state index in [0.717, 1.165) is 18.7 Å². The number of terminal acetylenes is 1. The van der Waals surface area contributed by atoms with Crippen LogP contribution in [0.15, 0.2) is 0 Å².